The van der Waals surface area contributed by atoms with Crippen LogP contribution in [0.15, 0.2) is 90.1 Å². The lowest BCUT2D eigenvalue weighted by atomic mass is 9.95. The molecule has 3 aromatic carbocycles. The summed E-state index contributed by atoms with van der Waals surface area (Å²) in [6, 6.07) is 21.7. The number of benzene rings is 3. The van der Waals surface area contributed by atoms with Gasteiger partial charge in [0.1, 0.15) is 6.04 Å². The van der Waals surface area contributed by atoms with Gasteiger partial charge < -0.3 is 10.6 Å². The molecule has 1 aliphatic heterocycles. The average molecular weight is 487 g/mol. The molecule has 5 rings (SSSR count). The van der Waals surface area contributed by atoms with Gasteiger partial charge in [-0.05, 0) is 48.9 Å². The van der Waals surface area contributed by atoms with Gasteiger partial charge in [-0.1, -0.05) is 41.9 Å². The zero-order valence-electron chi connectivity index (χ0n) is 18.5. The molecule has 0 unspecified atom stereocenters. The molecule has 1 aliphatic rings. The van der Waals surface area contributed by atoms with Gasteiger partial charge in [0, 0.05) is 34.1 Å². The van der Waals surface area contributed by atoms with Crippen molar-refractivity contribution in [1.29, 1.82) is 0 Å². The normalized spacial score (nSPS) is 14.7. The molecule has 1 amide bonds. The van der Waals surface area contributed by atoms with Gasteiger partial charge in [0.15, 0.2) is 5.82 Å². The molecule has 0 aliphatic carbocycles. The summed E-state index contributed by atoms with van der Waals surface area (Å²) in [5.41, 5.74) is 2.98. The largest absolute Gasteiger partial charge is 0.328 e. The number of fused-ring (bicyclic) bond motifs is 1. The van der Waals surface area contributed by atoms with Crippen molar-refractivity contribution in [3.8, 4) is 11.4 Å². The molecule has 1 aromatic heterocycles. The third kappa shape index (κ3) is 4.36. The predicted molar refractivity (Wildman–Crippen MR) is 133 cm³/mol. The summed E-state index contributed by atoms with van der Waals surface area (Å²) < 4.78 is 1.62. The Morgan fingerprint density at radius 1 is 1.09 bits per heavy atom. The minimum absolute atomic E-state index is 0.0443. The van der Waals surface area contributed by atoms with E-state index < -0.39 is 11.0 Å². The number of rotatable bonds is 5. The molecule has 0 radical (unpaired) electrons. The van der Waals surface area contributed by atoms with Gasteiger partial charge in [-0.2, -0.15) is 4.98 Å². The summed E-state index contributed by atoms with van der Waals surface area (Å²) in [5, 5.41) is 22.5. The first-order chi connectivity index (χ1) is 16.9. The van der Waals surface area contributed by atoms with Crippen LogP contribution in [-0.2, 0) is 4.79 Å². The first-order valence-corrected chi connectivity index (χ1v) is 11.1. The van der Waals surface area contributed by atoms with Crippen molar-refractivity contribution in [2.24, 2.45) is 0 Å². The highest BCUT2D eigenvalue weighted by Gasteiger charge is 2.34. The number of nitrogens with zero attached hydrogens (tertiary/aromatic N) is 4. The molecule has 0 spiro atoms. The van der Waals surface area contributed by atoms with E-state index in [-0.39, 0.29) is 11.6 Å². The molecule has 0 fully saturated rings. The highest BCUT2D eigenvalue weighted by atomic mass is 35.5. The number of allylic oxidation sites excluding steroid dienone is 1. The topological polar surface area (TPSA) is 115 Å². The maximum atomic E-state index is 13.5. The molecular formula is C25H19ClN6O3. The minimum atomic E-state index is -0.670. The summed E-state index contributed by atoms with van der Waals surface area (Å²) in [6.07, 6.45) is 0. The van der Waals surface area contributed by atoms with E-state index in [1.807, 2.05) is 24.3 Å². The number of amides is 1. The molecule has 1 atom stereocenters. The number of aromatic nitrogens is 3. The van der Waals surface area contributed by atoms with Gasteiger partial charge in [-0.15, -0.1) is 5.10 Å². The van der Waals surface area contributed by atoms with E-state index in [1.54, 1.807) is 54.1 Å². The third-order valence-corrected chi connectivity index (χ3v) is 5.87. The first-order valence-electron chi connectivity index (χ1n) is 10.7. The predicted octanol–water partition coefficient (Wildman–Crippen LogP) is 5.43. The first kappa shape index (κ1) is 22.3. The van der Waals surface area contributed by atoms with E-state index >= 15 is 0 Å². The molecular weight excluding hydrogens is 468 g/mol. The fourth-order valence-corrected chi connectivity index (χ4v) is 4.19. The standard InChI is InChI=1S/C25H19ClN6O3/c1-15-21(24(33)28-19-8-3-2-4-9-19)22(16-10-12-20(13-11-16)32(34)35)31-25(27-15)29-23(30-31)17-6-5-7-18(26)14-17/h2-14,22H,1H3,(H,28,33)(H,27,29,30)/t22-/m1/s1. The Hall–Kier alpha value is -4.50. The van der Waals surface area contributed by atoms with Crippen molar-refractivity contribution in [2.45, 2.75) is 13.0 Å². The van der Waals surface area contributed by atoms with Crippen molar-refractivity contribution in [1.82, 2.24) is 14.8 Å². The van der Waals surface area contributed by atoms with Crippen LogP contribution < -0.4 is 10.6 Å². The van der Waals surface area contributed by atoms with Crippen molar-refractivity contribution in [3.05, 3.63) is 111 Å². The molecule has 4 aromatic rings. The Bertz CT molecular complexity index is 1460. The van der Waals surface area contributed by atoms with E-state index in [9.17, 15) is 14.9 Å². The van der Waals surface area contributed by atoms with Crippen LogP contribution in [0.1, 0.15) is 18.5 Å². The lowest BCUT2D eigenvalue weighted by molar-refractivity contribution is -0.384. The summed E-state index contributed by atoms with van der Waals surface area (Å²) in [5.74, 6) is 0.548. The van der Waals surface area contributed by atoms with E-state index in [0.717, 1.165) is 5.56 Å². The number of anilines is 2. The number of hydrogen-bond donors (Lipinski definition) is 2. The fourth-order valence-electron chi connectivity index (χ4n) is 4.00. The molecule has 174 valence electrons. The Labute approximate surface area is 205 Å². The maximum absolute atomic E-state index is 13.5. The molecule has 0 saturated heterocycles. The number of halogens is 1. The molecule has 35 heavy (non-hydrogen) atoms. The van der Waals surface area contributed by atoms with E-state index in [1.165, 1.54) is 12.1 Å². The van der Waals surface area contributed by atoms with Crippen LogP contribution in [0.3, 0.4) is 0 Å². The molecule has 10 heteroatoms. The molecule has 9 nitrogen and oxygen atoms in total. The van der Waals surface area contributed by atoms with E-state index in [0.29, 0.717) is 39.3 Å². The number of carbonyl (C=O) groups excluding carboxylic acids is 1. The zero-order valence-corrected chi connectivity index (χ0v) is 19.2. The van der Waals surface area contributed by atoms with Crippen molar-refractivity contribution in [2.75, 3.05) is 10.6 Å². The number of nitro groups is 1. The number of non-ortho nitro benzene ring substituents is 1. The van der Waals surface area contributed by atoms with Crippen molar-refractivity contribution in [3.63, 3.8) is 0 Å². The quantitative estimate of drug-likeness (QED) is 0.287. The Morgan fingerprint density at radius 2 is 1.83 bits per heavy atom. The highest BCUT2D eigenvalue weighted by molar-refractivity contribution is 6.30. The van der Waals surface area contributed by atoms with Crippen molar-refractivity contribution >= 4 is 34.8 Å². The average Bonchev–Trinajstić information content (AvgIpc) is 3.27. The number of nitrogens with one attached hydrogen (secondary N) is 2. The number of nitro benzene ring substituents is 1. The van der Waals surface area contributed by atoms with Gasteiger partial charge in [-0.3, -0.25) is 14.9 Å². The van der Waals surface area contributed by atoms with Gasteiger partial charge in [0.2, 0.25) is 5.95 Å². The van der Waals surface area contributed by atoms with E-state index in [2.05, 4.69) is 20.7 Å². The van der Waals surface area contributed by atoms with E-state index in [4.69, 9.17) is 11.6 Å². The lowest BCUT2D eigenvalue weighted by Gasteiger charge is -2.28. The number of carbonyl (C=O) groups is 1. The second-order valence-corrected chi connectivity index (χ2v) is 8.39. The summed E-state index contributed by atoms with van der Waals surface area (Å²) in [4.78, 5) is 28.8. The van der Waals surface area contributed by atoms with Gasteiger partial charge in [0.05, 0.1) is 10.5 Å². The zero-order chi connectivity index (χ0) is 24.5. The minimum Gasteiger partial charge on any atom is -0.328 e. The number of hydrogen-bond acceptors (Lipinski definition) is 6. The van der Waals surface area contributed by atoms with Crippen LogP contribution in [0.4, 0.5) is 17.3 Å². The smallest absolute Gasteiger partial charge is 0.269 e. The lowest BCUT2D eigenvalue weighted by Crippen LogP contribution is -2.31. The monoisotopic (exact) mass is 486 g/mol. The number of para-hydroxylation sites is 1. The second kappa shape index (κ2) is 9.03. The van der Waals surface area contributed by atoms with Crippen LogP contribution in [0.5, 0.6) is 0 Å². The Balaban J connectivity index is 1.61. The maximum Gasteiger partial charge on any atom is 0.269 e. The summed E-state index contributed by atoms with van der Waals surface area (Å²) in [6.45, 7) is 1.79. The van der Waals surface area contributed by atoms with Gasteiger partial charge >= 0.3 is 0 Å². The van der Waals surface area contributed by atoms with Gasteiger partial charge in [0.25, 0.3) is 11.6 Å². The van der Waals surface area contributed by atoms with Gasteiger partial charge in [-0.25, -0.2) is 4.68 Å². The molecule has 2 heterocycles. The SMILES string of the molecule is CC1=C(C(=O)Nc2ccccc2)[C@@H](c2ccc([N+](=O)[O-])cc2)n2nc(-c3cccc(Cl)c3)nc2N1. The Kier molecular flexibility index (Phi) is 5.76. The highest BCUT2D eigenvalue weighted by Crippen LogP contribution is 2.37. The summed E-state index contributed by atoms with van der Waals surface area (Å²) in [7, 11) is 0. The van der Waals surface area contributed by atoms with Crippen LogP contribution in [0, 0.1) is 10.1 Å². The van der Waals surface area contributed by atoms with Crippen LogP contribution >= 0.6 is 11.6 Å². The fraction of sp³-hybridized carbons (Fsp3) is 0.0800. The van der Waals surface area contributed by atoms with Crippen LogP contribution in [0.25, 0.3) is 11.4 Å². The molecule has 0 bridgehead atoms. The van der Waals surface area contributed by atoms with Crippen LogP contribution in [-0.4, -0.2) is 25.6 Å². The summed E-state index contributed by atoms with van der Waals surface area (Å²) >= 11 is 6.16. The Morgan fingerprint density at radius 3 is 2.51 bits per heavy atom. The van der Waals surface area contributed by atoms with Crippen LogP contribution in [0.2, 0.25) is 5.02 Å². The van der Waals surface area contributed by atoms with Crippen molar-refractivity contribution < 1.29 is 9.72 Å². The molecule has 2 N–H and O–H groups in total. The third-order valence-electron chi connectivity index (χ3n) is 5.63. The molecule has 0 saturated carbocycles. The second-order valence-electron chi connectivity index (χ2n) is 7.95.